The van der Waals surface area contributed by atoms with Gasteiger partial charge in [-0.1, -0.05) is 0 Å². The molecule has 0 radical (unpaired) electrons. The fourth-order valence-electron chi connectivity index (χ4n) is 3.50. The predicted molar refractivity (Wildman–Crippen MR) is 66.6 cm³/mol. The molecule has 0 aromatic carbocycles. The number of hydrazine groups is 1. The Labute approximate surface area is 107 Å². The van der Waals surface area contributed by atoms with Crippen LogP contribution in [0.1, 0.15) is 47.5 Å². The van der Waals surface area contributed by atoms with Crippen molar-refractivity contribution in [3.63, 3.8) is 0 Å². The average Bonchev–Trinajstić information content (AvgIpc) is 2.07. The van der Waals surface area contributed by atoms with Crippen LogP contribution in [0.4, 0.5) is 4.79 Å². The lowest BCUT2D eigenvalue weighted by molar-refractivity contribution is -0.219. The van der Waals surface area contributed by atoms with Gasteiger partial charge in [-0.05, 0) is 34.6 Å². The fraction of sp³-hybridized carbons (Fsp3) is 0.917. The maximum Gasteiger partial charge on any atom is 0.422 e. The van der Waals surface area contributed by atoms with Gasteiger partial charge in [0, 0.05) is 23.9 Å². The zero-order valence-corrected chi connectivity index (χ0v) is 11.7. The summed E-state index contributed by atoms with van der Waals surface area (Å²) in [7, 11) is 0. The maximum atomic E-state index is 11.5. The van der Waals surface area contributed by atoms with Crippen molar-refractivity contribution < 1.29 is 14.6 Å². The lowest BCUT2D eigenvalue weighted by atomic mass is 9.68. The zero-order chi connectivity index (χ0) is 13.8. The highest BCUT2D eigenvalue weighted by Gasteiger charge is 2.60. The van der Waals surface area contributed by atoms with Crippen LogP contribution in [0.15, 0.2) is 0 Å². The largest absolute Gasteiger partial charge is 0.437 e. The SMILES string of the molecule is CC1(C)CC2(CC(C)(C)N1)OC(=O)NN[C@@]2(C)O. The summed E-state index contributed by atoms with van der Waals surface area (Å²) in [5.74, 6) is 0. The van der Waals surface area contributed by atoms with Crippen LogP contribution in [0.2, 0.25) is 0 Å². The highest BCUT2D eigenvalue weighted by Crippen LogP contribution is 2.44. The molecule has 1 atom stereocenters. The highest BCUT2D eigenvalue weighted by atomic mass is 16.6. The van der Waals surface area contributed by atoms with Gasteiger partial charge in [-0.15, -0.1) is 0 Å². The zero-order valence-electron chi connectivity index (χ0n) is 11.7. The Hall–Kier alpha value is -0.850. The van der Waals surface area contributed by atoms with E-state index >= 15 is 0 Å². The van der Waals surface area contributed by atoms with E-state index in [0.717, 1.165) is 0 Å². The van der Waals surface area contributed by atoms with Gasteiger partial charge in [-0.2, -0.15) is 5.43 Å². The van der Waals surface area contributed by atoms with E-state index in [0.29, 0.717) is 12.8 Å². The second-order valence-corrected chi connectivity index (χ2v) is 6.95. The maximum absolute atomic E-state index is 11.5. The van der Waals surface area contributed by atoms with Crippen LogP contribution in [0.3, 0.4) is 0 Å². The van der Waals surface area contributed by atoms with Gasteiger partial charge in [0.2, 0.25) is 0 Å². The van der Waals surface area contributed by atoms with Crippen molar-refractivity contribution in [2.45, 2.75) is 69.9 Å². The molecule has 2 aliphatic heterocycles. The van der Waals surface area contributed by atoms with Crippen LogP contribution < -0.4 is 16.2 Å². The molecular weight excluding hydrogens is 234 g/mol. The Balaban J connectivity index is 2.41. The molecule has 0 saturated carbocycles. The first-order chi connectivity index (χ1) is 7.97. The fourth-order valence-corrected chi connectivity index (χ4v) is 3.50. The second-order valence-electron chi connectivity index (χ2n) is 6.95. The molecule has 0 aromatic heterocycles. The summed E-state index contributed by atoms with van der Waals surface area (Å²) in [6.07, 6.45) is 0.531. The van der Waals surface area contributed by atoms with E-state index in [1.807, 2.05) is 27.7 Å². The van der Waals surface area contributed by atoms with Crippen LogP contribution in [0.5, 0.6) is 0 Å². The molecule has 2 fully saturated rings. The first kappa shape index (κ1) is 13.6. The lowest BCUT2D eigenvalue weighted by Crippen LogP contribution is -2.78. The average molecular weight is 257 g/mol. The van der Waals surface area contributed by atoms with E-state index in [9.17, 15) is 9.90 Å². The second kappa shape index (κ2) is 3.59. The Bertz CT molecular complexity index is 361. The normalized spacial score (nSPS) is 36.9. The summed E-state index contributed by atoms with van der Waals surface area (Å²) < 4.78 is 5.50. The molecule has 1 spiro atoms. The van der Waals surface area contributed by atoms with Gasteiger partial charge in [-0.25, -0.2) is 4.79 Å². The molecule has 6 nitrogen and oxygen atoms in total. The molecule has 4 N–H and O–H groups in total. The number of hydrogen-bond donors (Lipinski definition) is 4. The minimum absolute atomic E-state index is 0.231. The van der Waals surface area contributed by atoms with Crippen molar-refractivity contribution in [2.75, 3.05) is 0 Å². The number of carbonyl (C=O) groups is 1. The third kappa shape index (κ3) is 2.20. The van der Waals surface area contributed by atoms with Gasteiger partial charge in [0.15, 0.2) is 11.3 Å². The molecule has 0 bridgehead atoms. The van der Waals surface area contributed by atoms with Gasteiger partial charge in [0.1, 0.15) is 0 Å². The Kier molecular flexibility index (Phi) is 2.71. The molecule has 2 saturated heterocycles. The van der Waals surface area contributed by atoms with Crippen molar-refractivity contribution in [3.05, 3.63) is 0 Å². The first-order valence-electron chi connectivity index (χ1n) is 6.25. The van der Waals surface area contributed by atoms with E-state index in [2.05, 4.69) is 16.2 Å². The molecule has 1 amide bonds. The molecule has 6 heteroatoms. The quantitative estimate of drug-likeness (QED) is 0.511. The Morgan fingerprint density at radius 3 is 2.11 bits per heavy atom. The van der Waals surface area contributed by atoms with Gasteiger partial charge in [-0.3, -0.25) is 5.43 Å². The summed E-state index contributed by atoms with van der Waals surface area (Å²) in [6.45, 7) is 9.80. The molecule has 2 aliphatic rings. The molecular formula is C12H23N3O3. The van der Waals surface area contributed by atoms with E-state index in [-0.39, 0.29) is 11.1 Å². The lowest BCUT2D eigenvalue weighted by Gasteiger charge is -2.58. The smallest absolute Gasteiger partial charge is 0.422 e. The van der Waals surface area contributed by atoms with E-state index in [1.54, 1.807) is 6.92 Å². The van der Waals surface area contributed by atoms with Gasteiger partial charge in [0.25, 0.3) is 0 Å². The van der Waals surface area contributed by atoms with Crippen LogP contribution in [0.25, 0.3) is 0 Å². The molecule has 18 heavy (non-hydrogen) atoms. The monoisotopic (exact) mass is 257 g/mol. The molecule has 104 valence electrons. The summed E-state index contributed by atoms with van der Waals surface area (Å²) in [6, 6.07) is 0. The minimum atomic E-state index is -1.31. The van der Waals surface area contributed by atoms with Crippen LogP contribution in [-0.2, 0) is 4.74 Å². The van der Waals surface area contributed by atoms with Crippen LogP contribution >= 0.6 is 0 Å². The third-order valence-electron chi connectivity index (χ3n) is 3.71. The molecule has 0 aliphatic carbocycles. The van der Waals surface area contributed by atoms with Crippen molar-refractivity contribution >= 4 is 6.09 Å². The van der Waals surface area contributed by atoms with Gasteiger partial charge >= 0.3 is 6.09 Å². The molecule has 0 aromatic rings. The van der Waals surface area contributed by atoms with Crippen molar-refractivity contribution in [1.29, 1.82) is 0 Å². The number of nitrogens with one attached hydrogen (secondary N) is 3. The summed E-state index contributed by atoms with van der Waals surface area (Å²) >= 11 is 0. The standard InChI is InChI=1S/C12H23N3O3/c1-9(2)6-12(7-10(3,4)14-9)11(5,17)15-13-8(16)18-12/h14-15,17H,6-7H2,1-5H3,(H,13,16)/t11-/m0/s1. The number of amides is 1. The van der Waals surface area contributed by atoms with Crippen molar-refractivity contribution in [1.82, 2.24) is 16.2 Å². The van der Waals surface area contributed by atoms with Crippen molar-refractivity contribution in [3.8, 4) is 0 Å². The topological polar surface area (TPSA) is 82.6 Å². The van der Waals surface area contributed by atoms with Crippen LogP contribution in [0, 0.1) is 0 Å². The van der Waals surface area contributed by atoms with Gasteiger partial charge in [0.05, 0.1) is 0 Å². The number of hydrogen-bond acceptors (Lipinski definition) is 5. The highest BCUT2D eigenvalue weighted by molar-refractivity contribution is 5.68. The predicted octanol–water partition coefficient (Wildman–Crippen LogP) is 0.619. The number of carbonyl (C=O) groups excluding carboxylic acids is 1. The van der Waals surface area contributed by atoms with E-state index < -0.39 is 17.4 Å². The third-order valence-corrected chi connectivity index (χ3v) is 3.71. The Morgan fingerprint density at radius 2 is 1.61 bits per heavy atom. The molecule has 2 heterocycles. The number of rotatable bonds is 0. The summed E-state index contributed by atoms with van der Waals surface area (Å²) in [4.78, 5) is 11.5. The van der Waals surface area contributed by atoms with E-state index in [1.165, 1.54) is 0 Å². The van der Waals surface area contributed by atoms with Crippen LogP contribution in [-0.4, -0.2) is 33.6 Å². The minimum Gasteiger partial charge on any atom is -0.437 e. The Morgan fingerprint density at radius 1 is 1.11 bits per heavy atom. The number of aliphatic hydroxyl groups is 1. The number of piperidine rings is 1. The first-order valence-corrected chi connectivity index (χ1v) is 6.25. The summed E-state index contributed by atoms with van der Waals surface area (Å²) in [5.41, 5.74) is 2.26. The summed E-state index contributed by atoms with van der Waals surface area (Å²) in [5, 5.41) is 14.1. The van der Waals surface area contributed by atoms with Gasteiger partial charge < -0.3 is 15.2 Å². The molecule has 2 rings (SSSR count). The number of ether oxygens (including phenoxy) is 1. The molecule has 0 unspecified atom stereocenters. The van der Waals surface area contributed by atoms with E-state index in [4.69, 9.17) is 4.74 Å². The van der Waals surface area contributed by atoms with Crippen molar-refractivity contribution in [2.24, 2.45) is 0 Å².